The number of alkyl halides is 3. The Hall–Kier alpha value is -2.75. The summed E-state index contributed by atoms with van der Waals surface area (Å²) in [5.74, 6) is 0. The van der Waals surface area contributed by atoms with Gasteiger partial charge in [0.1, 0.15) is 12.7 Å². The zero-order valence-electron chi connectivity index (χ0n) is 19.2. The molecule has 0 spiro atoms. The molecule has 0 radical (unpaired) electrons. The maximum absolute atomic E-state index is 13.3. The van der Waals surface area contributed by atoms with Crippen LogP contribution in [0.4, 0.5) is 13.2 Å². The number of hydrogen-bond donors (Lipinski definition) is 2. The van der Waals surface area contributed by atoms with E-state index in [1.54, 1.807) is 32.6 Å². The second-order valence-electron chi connectivity index (χ2n) is 9.14. The van der Waals surface area contributed by atoms with Gasteiger partial charge in [0.2, 0.25) is 0 Å². The van der Waals surface area contributed by atoms with E-state index in [1.165, 1.54) is 0 Å². The summed E-state index contributed by atoms with van der Waals surface area (Å²) in [6, 6.07) is 13.9. The van der Waals surface area contributed by atoms with Crippen LogP contribution in [0.15, 0.2) is 61.2 Å². The van der Waals surface area contributed by atoms with E-state index in [1.807, 2.05) is 34.9 Å². The molecule has 2 N–H and O–H groups in total. The van der Waals surface area contributed by atoms with Crippen LogP contribution in [0.5, 0.6) is 0 Å². The highest BCUT2D eigenvalue weighted by atomic mass is 19.4. The van der Waals surface area contributed by atoms with E-state index in [-0.39, 0.29) is 13.2 Å². The van der Waals surface area contributed by atoms with Crippen LogP contribution in [0.25, 0.3) is 0 Å². The number of nitrogens with zero attached hydrogens (tertiary/aromatic N) is 3. The van der Waals surface area contributed by atoms with Crippen LogP contribution in [0, 0.1) is 6.92 Å². The van der Waals surface area contributed by atoms with Gasteiger partial charge in [0.25, 0.3) is 0 Å². The van der Waals surface area contributed by atoms with Crippen molar-refractivity contribution in [2.45, 2.75) is 50.0 Å². The van der Waals surface area contributed by atoms with Gasteiger partial charge in [-0.3, -0.25) is 0 Å². The Morgan fingerprint density at radius 2 is 1.82 bits per heavy atom. The molecule has 3 atom stereocenters. The van der Waals surface area contributed by atoms with Gasteiger partial charge < -0.3 is 19.7 Å². The molecule has 9 heteroatoms. The Bertz CT molecular complexity index is 1080. The van der Waals surface area contributed by atoms with E-state index in [4.69, 9.17) is 4.74 Å². The van der Waals surface area contributed by atoms with Crippen LogP contribution in [0.2, 0.25) is 0 Å². The fourth-order valence-electron chi connectivity index (χ4n) is 4.62. The second kappa shape index (κ2) is 9.48. The van der Waals surface area contributed by atoms with Crippen LogP contribution < -0.4 is 5.32 Å². The number of rotatable bonds is 7. The predicted molar refractivity (Wildman–Crippen MR) is 121 cm³/mol. The zero-order valence-corrected chi connectivity index (χ0v) is 19.2. The van der Waals surface area contributed by atoms with E-state index in [0.29, 0.717) is 30.5 Å². The Balaban J connectivity index is 1.57. The summed E-state index contributed by atoms with van der Waals surface area (Å²) in [6.07, 6.45) is -0.463. The standard InChI is InChI=1S/C25H29F3N4O2/c1-18-10-20(12-22(11-18)25(26,27)28)19(2)34-15-24(21-6-4-3-5-7-21)9-8-23(14-33,13-29-24)32-16-30-31-17-32/h3-7,10-12,16-17,19,29,33H,8-9,13-15H2,1-2H3/t19-,23-,24+/m1/s1. The number of piperidine rings is 1. The Morgan fingerprint density at radius 1 is 1.12 bits per heavy atom. The molecular weight excluding hydrogens is 445 g/mol. The van der Waals surface area contributed by atoms with Crippen LogP contribution in [0.1, 0.15) is 48.1 Å². The molecular formula is C25H29F3N4O2. The third-order valence-electron chi connectivity index (χ3n) is 6.84. The molecule has 0 amide bonds. The quantitative estimate of drug-likeness (QED) is 0.533. The van der Waals surface area contributed by atoms with Crippen molar-refractivity contribution in [3.8, 4) is 0 Å². The first-order valence-corrected chi connectivity index (χ1v) is 11.2. The van der Waals surface area contributed by atoms with Gasteiger partial charge in [0.05, 0.1) is 36.0 Å². The number of aromatic nitrogens is 3. The number of aliphatic hydroxyl groups excluding tert-OH is 1. The van der Waals surface area contributed by atoms with Crippen molar-refractivity contribution >= 4 is 0 Å². The number of hydrogen-bond acceptors (Lipinski definition) is 5. The van der Waals surface area contributed by atoms with Crippen molar-refractivity contribution in [3.05, 3.63) is 83.4 Å². The largest absolute Gasteiger partial charge is 0.416 e. The molecule has 0 aliphatic carbocycles. The smallest absolute Gasteiger partial charge is 0.394 e. The van der Waals surface area contributed by atoms with Crippen LogP contribution >= 0.6 is 0 Å². The van der Waals surface area contributed by atoms with Crippen molar-refractivity contribution in [2.75, 3.05) is 19.8 Å². The van der Waals surface area contributed by atoms with Gasteiger partial charge in [0.15, 0.2) is 0 Å². The lowest BCUT2D eigenvalue weighted by Gasteiger charge is -2.47. The predicted octanol–water partition coefficient (Wildman–Crippen LogP) is 4.35. The highest BCUT2D eigenvalue weighted by molar-refractivity contribution is 5.32. The Morgan fingerprint density at radius 3 is 2.41 bits per heavy atom. The molecule has 34 heavy (non-hydrogen) atoms. The Labute approximate surface area is 196 Å². The van der Waals surface area contributed by atoms with Gasteiger partial charge in [-0.15, -0.1) is 10.2 Å². The van der Waals surface area contributed by atoms with E-state index in [9.17, 15) is 18.3 Å². The third-order valence-corrected chi connectivity index (χ3v) is 6.84. The number of aryl methyl sites for hydroxylation is 1. The lowest BCUT2D eigenvalue weighted by molar-refractivity contribution is -0.137. The highest BCUT2D eigenvalue weighted by Gasteiger charge is 2.45. The number of aliphatic hydroxyl groups is 1. The number of benzene rings is 2. The summed E-state index contributed by atoms with van der Waals surface area (Å²) in [5.41, 5.74) is 0.242. The molecule has 3 aromatic rings. The normalized spacial score (nSPS) is 24.2. The van der Waals surface area contributed by atoms with E-state index in [0.717, 1.165) is 17.7 Å². The van der Waals surface area contributed by atoms with E-state index < -0.39 is 28.9 Å². The molecule has 4 rings (SSSR count). The zero-order chi connectivity index (χ0) is 24.4. The van der Waals surface area contributed by atoms with Gasteiger partial charge in [-0.25, -0.2) is 0 Å². The molecule has 2 heterocycles. The summed E-state index contributed by atoms with van der Waals surface area (Å²) in [7, 11) is 0. The number of ether oxygens (including phenoxy) is 1. The lowest BCUT2D eigenvalue weighted by atomic mass is 9.76. The minimum atomic E-state index is -4.41. The van der Waals surface area contributed by atoms with Crippen molar-refractivity contribution < 1.29 is 23.0 Å². The maximum atomic E-state index is 13.3. The fourth-order valence-corrected chi connectivity index (χ4v) is 4.62. The van der Waals surface area contributed by atoms with Gasteiger partial charge in [-0.2, -0.15) is 13.2 Å². The molecule has 2 aromatic carbocycles. The average Bonchev–Trinajstić information content (AvgIpc) is 3.38. The topological polar surface area (TPSA) is 72.2 Å². The molecule has 1 aliphatic rings. The van der Waals surface area contributed by atoms with Crippen molar-refractivity contribution in [3.63, 3.8) is 0 Å². The first kappa shape index (κ1) is 24.4. The first-order valence-electron chi connectivity index (χ1n) is 11.2. The van der Waals surface area contributed by atoms with Gasteiger partial charge >= 0.3 is 6.18 Å². The molecule has 0 saturated carbocycles. The van der Waals surface area contributed by atoms with Crippen molar-refractivity contribution in [1.29, 1.82) is 0 Å². The minimum absolute atomic E-state index is 0.0797. The minimum Gasteiger partial charge on any atom is -0.394 e. The third kappa shape index (κ3) is 4.87. The van der Waals surface area contributed by atoms with Gasteiger partial charge in [-0.1, -0.05) is 42.0 Å². The van der Waals surface area contributed by atoms with Gasteiger partial charge in [0, 0.05) is 6.54 Å². The monoisotopic (exact) mass is 474 g/mol. The summed E-state index contributed by atoms with van der Waals surface area (Å²) < 4.78 is 48.0. The van der Waals surface area contributed by atoms with Gasteiger partial charge in [-0.05, 0) is 49.9 Å². The Kier molecular flexibility index (Phi) is 6.80. The summed E-state index contributed by atoms with van der Waals surface area (Å²) in [4.78, 5) is 0. The molecule has 182 valence electrons. The molecule has 6 nitrogen and oxygen atoms in total. The summed E-state index contributed by atoms with van der Waals surface area (Å²) >= 11 is 0. The average molecular weight is 475 g/mol. The first-order chi connectivity index (χ1) is 16.2. The SMILES string of the molecule is Cc1cc([C@@H](C)OC[C@]2(c3ccccc3)CC[C@@](CO)(n3cnnc3)CN2)cc(C(F)(F)F)c1. The summed E-state index contributed by atoms with van der Waals surface area (Å²) in [6.45, 7) is 4.06. The number of nitrogens with one attached hydrogen (secondary N) is 1. The van der Waals surface area contributed by atoms with Crippen LogP contribution in [0.3, 0.4) is 0 Å². The number of halogens is 3. The highest BCUT2D eigenvalue weighted by Crippen LogP contribution is 2.39. The molecule has 1 fully saturated rings. The molecule has 1 aromatic heterocycles. The van der Waals surface area contributed by atoms with E-state index >= 15 is 0 Å². The molecule has 1 saturated heterocycles. The fraction of sp³-hybridized carbons (Fsp3) is 0.440. The van der Waals surface area contributed by atoms with Crippen LogP contribution in [-0.4, -0.2) is 39.6 Å². The second-order valence-corrected chi connectivity index (χ2v) is 9.14. The molecule has 0 bridgehead atoms. The van der Waals surface area contributed by atoms with Crippen LogP contribution in [-0.2, 0) is 22.0 Å². The molecule has 1 aliphatic heterocycles. The van der Waals surface area contributed by atoms with Crippen molar-refractivity contribution in [1.82, 2.24) is 20.1 Å². The lowest BCUT2D eigenvalue weighted by Crippen LogP contribution is -2.60. The van der Waals surface area contributed by atoms with Crippen molar-refractivity contribution in [2.24, 2.45) is 0 Å². The van der Waals surface area contributed by atoms with E-state index in [2.05, 4.69) is 15.5 Å². The molecule has 0 unspecified atom stereocenters. The maximum Gasteiger partial charge on any atom is 0.416 e. The summed E-state index contributed by atoms with van der Waals surface area (Å²) in [5, 5.41) is 21.5.